The molecule has 0 aromatic heterocycles. The molecule has 0 saturated heterocycles. The minimum atomic E-state index is 0.0466. The molecule has 0 aliphatic carbocycles. The average molecular weight is 142 g/mol. The number of hydrogen-bond donors (Lipinski definition) is 0. The molecule has 0 aliphatic rings. The van der Waals surface area contributed by atoms with E-state index in [1.165, 1.54) is 13.0 Å². The van der Waals surface area contributed by atoms with Crippen molar-refractivity contribution in [3.8, 4) is 0 Å². The van der Waals surface area contributed by atoms with Crippen molar-refractivity contribution in [1.29, 1.82) is 0 Å². The molecule has 0 bridgehead atoms. The predicted octanol–water partition coefficient (Wildman–Crippen LogP) is 1.91. The summed E-state index contributed by atoms with van der Waals surface area (Å²) in [6, 6.07) is 0. The summed E-state index contributed by atoms with van der Waals surface area (Å²) in [7, 11) is 1.59. The smallest absolute Gasteiger partial charge is 0.155 e. The van der Waals surface area contributed by atoms with Crippen molar-refractivity contribution >= 4 is 5.78 Å². The summed E-state index contributed by atoms with van der Waals surface area (Å²) in [6.45, 7) is 3.57. The minimum Gasteiger partial charge on any atom is -0.501 e. The van der Waals surface area contributed by atoms with E-state index in [-0.39, 0.29) is 5.78 Å². The minimum absolute atomic E-state index is 0.0466. The molecular weight excluding hydrogens is 128 g/mol. The van der Waals surface area contributed by atoms with Gasteiger partial charge in [0.2, 0.25) is 0 Å². The third-order valence-corrected chi connectivity index (χ3v) is 1.12. The van der Waals surface area contributed by atoms with Crippen molar-refractivity contribution in [3.63, 3.8) is 0 Å². The number of allylic oxidation sites excluding steroid dienone is 2. The summed E-state index contributed by atoms with van der Waals surface area (Å²) in [5, 5.41) is 0. The first-order chi connectivity index (χ1) is 4.70. The molecule has 2 heteroatoms. The van der Waals surface area contributed by atoms with Gasteiger partial charge in [0, 0.05) is 12.5 Å². The van der Waals surface area contributed by atoms with E-state index in [9.17, 15) is 4.79 Å². The van der Waals surface area contributed by atoms with Gasteiger partial charge in [0.15, 0.2) is 5.78 Å². The molecule has 0 heterocycles. The molecule has 0 saturated carbocycles. The zero-order valence-corrected chi connectivity index (χ0v) is 6.81. The van der Waals surface area contributed by atoms with Crippen molar-refractivity contribution in [1.82, 2.24) is 0 Å². The lowest BCUT2D eigenvalue weighted by Crippen LogP contribution is -1.91. The van der Waals surface area contributed by atoms with Crippen LogP contribution in [-0.4, -0.2) is 12.9 Å². The summed E-state index contributed by atoms with van der Waals surface area (Å²) in [6.07, 6.45) is 3.38. The van der Waals surface area contributed by atoms with Gasteiger partial charge in [-0.25, -0.2) is 0 Å². The van der Waals surface area contributed by atoms with Gasteiger partial charge in [0.05, 0.1) is 12.9 Å². The molecule has 10 heavy (non-hydrogen) atoms. The third-order valence-electron chi connectivity index (χ3n) is 1.12. The standard InChI is InChI=1S/C8H14O2/c1-4-5-8(10-3)6-7(2)9/h6H,4-5H2,1-3H3/b8-6-. The van der Waals surface area contributed by atoms with Gasteiger partial charge in [-0.3, -0.25) is 4.79 Å². The highest BCUT2D eigenvalue weighted by Gasteiger charge is 1.94. The maximum absolute atomic E-state index is 10.5. The zero-order chi connectivity index (χ0) is 7.98. The summed E-state index contributed by atoms with van der Waals surface area (Å²) < 4.78 is 4.94. The first-order valence-corrected chi connectivity index (χ1v) is 3.45. The second kappa shape index (κ2) is 5.03. The van der Waals surface area contributed by atoms with Crippen molar-refractivity contribution in [2.45, 2.75) is 26.7 Å². The van der Waals surface area contributed by atoms with Gasteiger partial charge in [-0.2, -0.15) is 0 Å². The van der Waals surface area contributed by atoms with Gasteiger partial charge >= 0.3 is 0 Å². The molecule has 0 atom stereocenters. The number of rotatable bonds is 4. The van der Waals surface area contributed by atoms with Gasteiger partial charge in [0.1, 0.15) is 0 Å². The first-order valence-electron chi connectivity index (χ1n) is 3.45. The maximum Gasteiger partial charge on any atom is 0.155 e. The molecule has 0 rings (SSSR count). The Kier molecular flexibility index (Phi) is 4.63. The zero-order valence-electron chi connectivity index (χ0n) is 6.81. The average Bonchev–Trinajstić information content (AvgIpc) is 1.86. The quantitative estimate of drug-likeness (QED) is 0.442. The molecule has 0 N–H and O–H groups in total. The Balaban J connectivity index is 3.91. The monoisotopic (exact) mass is 142 g/mol. The van der Waals surface area contributed by atoms with Gasteiger partial charge in [-0.05, 0) is 13.3 Å². The number of ketones is 1. The second-order valence-corrected chi connectivity index (χ2v) is 2.18. The highest BCUT2D eigenvalue weighted by molar-refractivity contribution is 5.87. The lowest BCUT2D eigenvalue weighted by atomic mass is 10.2. The van der Waals surface area contributed by atoms with E-state index in [1.807, 2.05) is 6.92 Å². The molecule has 0 amide bonds. The second-order valence-electron chi connectivity index (χ2n) is 2.18. The fourth-order valence-corrected chi connectivity index (χ4v) is 0.706. The van der Waals surface area contributed by atoms with E-state index < -0.39 is 0 Å². The Bertz CT molecular complexity index is 136. The van der Waals surface area contributed by atoms with Crippen LogP contribution in [0.15, 0.2) is 11.8 Å². The van der Waals surface area contributed by atoms with Crippen LogP contribution < -0.4 is 0 Å². The van der Waals surface area contributed by atoms with E-state index in [2.05, 4.69) is 0 Å². The highest BCUT2D eigenvalue weighted by atomic mass is 16.5. The molecule has 0 fully saturated rings. The molecule has 0 radical (unpaired) electrons. The molecule has 0 unspecified atom stereocenters. The van der Waals surface area contributed by atoms with E-state index in [1.54, 1.807) is 7.11 Å². The lowest BCUT2D eigenvalue weighted by Gasteiger charge is -2.01. The van der Waals surface area contributed by atoms with Gasteiger partial charge in [-0.15, -0.1) is 0 Å². The van der Waals surface area contributed by atoms with Gasteiger partial charge in [0.25, 0.3) is 0 Å². The fraction of sp³-hybridized carbons (Fsp3) is 0.625. The Morgan fingerprint density at radius 3 is 2.50 bits per heavy atom. The number of carbonyl (C=O) groups excluding carboxylic acids is 1. The van der Waals surface area contributed by atoms with Crippen LogP contribution in [-0.2, 0) is 9.53 Å². The van der Waals surface area contributed by atoms with Crippen LogP contribution in [0.1, 0.15) is 26.7 Å². The normalized spacial score (nSPS) is 11.3. The largest absolute Gasteiger partial charge is 0.501 e. The Morgan fingerprint density at radius 2 is 2.20 bits per heavy atom. The topological polar surface area (TPSA) is 26.3 Å². The number of carbonyl (C=O) groups is 1. The van der Waals surface area contributed by atoms with Crippen LogP contribution in [0.4, 0.5) is 0 Å². The van der Waals surface area contributed by atoms with Crippen molar-refractivity contribution < 1.29 is 9.53 Å². The summed E-state index contributed by atoms with van der Waals surface area (Å²) in [5.74, 6) is 0.820. The Morgan fingerprint density at radius 1 is 1.60 bits per heavy atom. The Labute approximate surface area is 61.9 Å². The molecule has 0 spiro atoms. The molecule has 2 nitrogen and oxygen atoms in total. The van der Waals surface area contributed by atoms with Crippen LogP contribution in [0.3, 0.4) is 0 Å². The fourth-order valence-electron chi connectivity index (χ4n) is 0.706. The van der Waals surface area contributed by atoms with Crippen LogP contribution >= 0.6 is 0 Å². The summed E-state index contributed by atoms with van der Waals surface area (Å²) in [4.78, 5) is 10.5. The van der Waals surface area contributed by atoms with Crippen molar-refractivity contribution in [3.05, 3.63) is 11.8 Å². The molecule has 0 aromatic carbocycles. The number of ether oxygens (including phenoxy) is 1. The predicted molar refractivity (Wildman–Crippen MR) is 40.7 cm³/mol. The highest BCUT2D eigenvalue weighted by Crippen LogP contribution is 2.04. The SMILES string of the molecule is CCC/C(=C/C(C)=O)OC. The van der Waals surface area contributed by atoms with Crippen LogP contribution in [0.2, 0.25) is 0 Å². The first kappa shape index (κ1) is 9.21. The van der Waals surface area contributed by atoms with Crippen LogP contribution in [0.25, 0.3) is 0 Å². The molecule has 58 valence electrons. The van der Waals surface area contributed by atoms with E-state index in [4.69, 9.17) is 4.74 Å². The number of methoxy groups -OCH3 is 1. The molecular formula is C8H14O2. The van der Waals surface area contributed by atoms with Crippen LogP contribution in [0.5, 0.6) is 0 Å². The van der Waals surface area contributed by atoms with Crippen LogP contribution in [0, 0.1) is 0 Å². The lowest BCUT2D eigenvalue weighted by molar-refractivity contribution is -0.112. The molecule has 0 aliphatic heterocycles. The van der Waals surface area contributed by atoms with Crippen molar-refractivity contribution in [2.75, 3.05) is 7.11 Å². The van der Waals surface area contributed by atoms with Gasteiger partial charge < -0.3 is 4.74 Å². The van der Waals surface area contributed by atoms with E-state index in [0.29, 0.717) is 0 Å². The van der Waals surface area contributed by atoms with E-state index >= 15 is 0 Å². The van der Waals surface area contributed by atoms with E-state index in [0.717, 1.165) is 18.6 Å². The number of hydrogen-bond acceptors (Lipinski definition) is 2. The molecule has 0 aromatic rings. The third kappa shape index (κ3) is 4.13. The summed E-state index contributed by atoms with van der Waals surface area (Å²) >= 11 is 0. The van der Waals surface area contributed by atoms with Gasteiger partial charge in [-0.1, -0.05) is 6.92 Å². The maximum atomic E-state index is 10.5. The Hall–Kier alpha value is -0.790. The van der Waals surface area contributed by atoms with Crippen molar-refractivity contribution in [2.24, 2.45) is 0 Å². The summed E-state index contributed by atoms with van der Waals surface area (Å²) in [5.41, 5.74) is 0.